The van der Waals surface area contributed by atoms with Crippen LogP contribution in [0.15, 0.2) is 71.6 Å². The van der Waals surface area contributed by atoms with E-state index < -0.39 is 23.5 Å². The van der Waals surface area contributed by atoms with Crippen LogP contribution >= 0.6 is 11.3 Å². The van der Waals surface area contributed by atoms with Gasteiger partial charge in [-0.05, 0) is 55.1 Å². The fraction of sp³-hybridized carbons (Fsp3) is 0.200. The van der Waals surface area contributed by atoms with Gasteiger partial charge in [0.05, 0.1) is 24.3 Å². The summed E-state index contributed by atoms with van der Waals surface area (Å²) in [6, 6.07) is 15.2. The molecule has 2 heterocycles. The Morgan fingerprint density at radius 2 is 1.88 bits per heavy atom. The molecule has 1 saturated heterocycles. The van der Waals surface area contributed by atoms with Gasteiger partial charge in [0.2, 0.25) is 0 Å². The van der Waals surface area contributed by atoms with Crippen molar-refractivity contribution < 1.29 is 23.8 Å². The first-order valence-electron chi connectivity index (χ1n) is 10.2. The monoisotopic (exact) mass is 451 g/mol. The Morgan fingerprint density at radius 3 is 2.53 bits per heavy atom. The SMILES string of the molecule is CC(C)Oc1cccc(/C(O)=C2/C(=O)C(=O)N(Cc3cccs3)C2c2ccc(F)cc2)c1. The maximum Gasteiger partial charge on any atom is 0.295 e. The van der Waals surface area contributed by atoms with Gasteiger partial charge in [-0.25, -0.2) is 4.39 Å². The molecule has 0 aliphatic carbocycles. The van der Waals surface area contributed by atoms with E-state index in [2.05, 4.69) is 0 Å². The number of hydrogen-bond donors (Lipinski definition) is 1. The number of hydrogen-bond acceptors (Lipinski definition) is 5. The summed E-state index contributed by atoms with van der Waals surface area (Å²) in [5.74, 6) is -1.66. The standard InChI is InChI=1S/C25H22FNO4S/c1-15(2)31-19-6-3-5-17(13-19)23(28)21-22(16-8-10-18(26)11-9-16)27(25(30)24(21)29)14-20-7-4-12-32-20/h3-13,15,22,28H,14H2,1-2H3/b23-21-. The number of halogens is 1. The molecular formula is C25H22FNO4S. The summed E-state index contributed by atoms with van der Waals surface area (Å²) < 4.78 is 19.3. The second-order valence-electron chi connectivity index (χ2n) is 7.75. The van der Waals surface area contributed by atoms with Gasteiger partial charge in [-0.3, -0.25) is 9.59 Å². The van der Waals surface area contributed by atoms with Gasteiger partial charge in [-0.2, -0.15) is 0 Å². The number of ketones is 1. The number of aliphatic hydroxyl groups is 1. The highest BCUT2D eigenvalue weighted by Crippen LogP contribution is 2.41. The van der Waals surface area contributed by atoms with E-state index in [9.17, 15) is 19.1 Å². The van der Waals surface area contributed by atoms with Crippen molar-refractivity contribution in [1.29, 1.82) is 0 Å². The van der Waals surface area contributed by atoms with Crippen LogP contribution in [0.4, 0.5) is 4.39 Å². The van der Waals surface area contributed by atoms with Gasteiger partial charge in [-0.15, -0.1) is 11.3 Å². The summed E-state index contributed by atoms with van der Waals surface area (Å²) in [4.78, 5) is 28.4. The average molecular weight is 452 g/mol. The van der Waals surface area contributed by atoms with Crippen LogP contribution in [0.25, 0.3) is 5.76 Å². The molecule has 7 heteroatoms. The molecule has 3 aromatic rings. The number of carbonyl (C=O) groups is 2. The van der Waals surface area contributed by atoms with E-state index in [1.807, 2.05) is 31.4 Å². The van der Waals surface area contributed by atoms with Crippen LogP contribution in [-0.4, -0.2) is 27.8 Å². The number of Topliss-reactive ketones (excluding diaryl/α,β-unsaturated/α-hetero) is 1. The van der Waals surface area contributed by atoms with Crippen molar-refractivity contribution in [3.05, 3.63) is 93.4 Å². The fourth-order valence-corrected chi connectivity index (χ4v) is 4.45. The van der Waals surface area contributed by atoms with E-state index in [0.717, 1.165) is 4.88 Å². The zero-order valence-electron chi connectivity index (χ0n) is 17.6. The Morgan fingerprint density at radius 1 is 1.12 bits per heavy atom. The fourth-order valence-electron chi connectivity index (χ4n) is 3.75. The molecule has 0 spiro atoms. The first kappa shape index (κ1) is 21.8. The van der Waals surface area contributed by atoms with Crippen LogP contribution < -0.4 is 4.74 Å². The lowest BCUT2D eigenvalue weighted by Crippen LogP contribution is -2.28. The maximum absolute atomic E-state index is 13.6. The molecule has 1 unspecified atom stereocenters. The molecule has 1 aromatic heterocycles. The number of thiophene rings is 1. The third kappa shape index (κ3) is 4.29. The molecule has 0 bridgehead atoms. The number of amides is 1. The molecular weight excluding hydrogens is 429 g/mol. The highest BCUT2D eigenvalue weighted by molar-refractivity contribution is 7.09. The molecule has 4 rings (SSSR count). The summed E-state index contributed by atoms with van der Waals surface area (Å²) in [6.45, 7) is 3.98. The summed E-state index contributed by atoms with van der Waals surface area (Å²) in [5, 5.41) is 13.0. The molecule has 2 aromatic carbocycles. The van der Waals surface area contributed by atoms with Crippen molar-refractivity contribution in [3.8, 4) is 5.75 Å². The van der Waals surface area contributed by atoms with Crippen molar-refractivity contribution in [3.63, 3.8) is 0 Å². The van der Waals surface area contributed by atoms with E-state index in [1.54, 1.807) is 24.3 Å². The number of likely N-dealkylation sites (tertiary alicyclic amines) is 1. The lowest BCUT2D eigenvalue weighted by molar-refractivity contribution is -0.140. The van der Waals surface area contributed by atoms with Gasteiger partial charge in [-0.1, -0.05) is 30.3 Å². The number of carbonyl (C=O) groups excluding carboxylic acids is 2. The normalized spacial score (nSPS) is 17.9. The molecule has 1 amide bonds. The molecule has 1 fully saturated rings. The predicted molar refractivity (Wildman–Crippen MR) is 121 cm³/mol. The van der Waals surface area contributed by atoms with Gasteiger partial charge in [0, 0.05) is 10.4 Å². The van der Waals surface area contributed by atoms with Crippen LogP contribution in [-0.2, 0) is 16.1 Å². The summed E-state index contributed by atoms with van der Waals surface area (Å²) in [5.41, 5.74) is 0.877. The third-order valence-corrected chi connectivity index (χ3v) is 5.97. The Labute approximate surface area is 189 Å². The Balaban J connectivity index is 1.83. The number of rotatable bonds is 6. The van der Waals surface area contributed by atoms with Crippen LogP contribution in [0.2, 0.25) is 0 Å². The molecule has 164 valence electrons. The average Bonchev–Trinajstić information content (AvgIpc) is 3.36. The lowest BCUT2D eigenvalue weighted by atomic mass is 9.95. The van der Waals surface area contributed by atoms with E-state index >= 15 is 0 Å². The molecule has 1 atom stereocenters. The largest absolute Gasteiger partial charge is 0.507 e. The van der Waals surface area contributed by atoms with Crippen molar-refractivity contribution >= 4 is 28.8 Å². The molecule has 1 N–H and O–H groups in total. The lowest BCUT2D eigenvalue weighted by Gasteiger charge is -2.25. The van der Waals surface area contributed by atoms with Crippen molar-refractivity contribution in [1.82, 2.24) is 4.90 Å². The van der Waals surface area contributed by atoms with Crippen molar-refractivity contribution in [2.24, 2.45) is 0 Å². The highest BCUT2D eigenvalue weighted by atomic mass is 32.1. The second kappa shape index (κ2) is 8.96. The molecule has 1 aliphatic heterocycles. The van der Waals surface area contributed by atoms with E-state index in [1.165, 1.54) is 40.5 Å². The van der Waals surface area contributed by atoms with Gasteiger partial charge in [0.1, 0.15) is 17.3 Å². The minimum absolute atomic E-state index is 0.0279. The van der Waals surface area contributed by atoms with Crippen LogP contribution in [0.3, 0.4) is 0 Å². The first-order valence-corrected chi connectivity index (χ1v) is 11.1. The van der Waals surface area contributed by atoms with Gasteiger partial charge >= 0.3 is 0 Å². The Hall–Kier alpha value is -3.45. The molecule has 32 heavy (non-hydrogen) atoms. The number of nitrogens with zero attached hydrogens (tertiary/aromatic N) is 1. The van der Waals surface area contributed by atoms with Gasteiger partial charge in [0.25, 0.3) is 11.7 Å². The van der Waals surface area contributed by atoms with Crippen molar-refractivity contribution in [2.75, 3.05) is 0 Å². The van der Waals surface area contributed by atoms with Crippen LogP contribution in [0, 0.1) is 5.82 Å². The van der Waals surface area contributed by atoms with E-state index in [0.29, 0.717) is 16.9 Å². The third-order valence-electron chi connectivity index (χ3n) is 5.11. The molecule has 5 nitrogen and oxygen atoms in total. The number of aliphatic hydroxyl groups excluding tert-OH is 1. The highest BCUT2D eigenvalue weighted by Gasteiger charge is 2.46. The van der Waals surface area contributed by atoms with E-state index in [4.69, 9.17) is 4.74 Å². The maximum atomic E-state index is 13.6. The molecule has 0 saturated carbocycles. The minimum Gasteiger partial charge on any atom is -0.507 e. The summed E-state index contributed by atoms with van der Waals surface area (Å²) in [6.07, 6.45) is -0.0667. The Kier molecular flexibility index (Phi) is 6.10. The van der Waals surface area contributed by atoms with Gasteiger partial charge in [0.15, 0.2) is 0 Å². The quantitative estimate of drug-likeness (QED) is 0.314. The Bertz CT molecular complexity index is 1170. The van der Waals surface area contributed by atoms with Gasteiger partial charge < -0.3 is 14.7 Å². The topological polar surface area (TPSA) is 66.8 Å². The van der Waals surface area contributed by atoms with Crippen molar-refractivity contribution in [2.45, 2.75) is 32.5 Å². The molecule has 1 aliphatic rings. The van der Waals surface area contributed by atoms with E-state index in [-0.39, 0.29) is 24.0 Å². The molecule has 0 radical (unpaired) electrons. The minimum atomic E-state index is -0.840. The summed E-state index contributed by atoms with van der Waals surface area (Å²) >= 11 is 1.47. The van der Waals surface area contributed by atoms with Crippen LogP contribution in [0.5, 0.6) is 5.75 Å². The second-order valence-corrected chi connectivity index (χ2v) is 8.78. The summed E-state index contributed by atoms with van der Waals surface area (Å²) in [7, 11) is 0. The van der Waals surface area contributed by atoms with Crippen LogP contribution in [0.1, 0.15) is 35.9 Å². The zero-order valence-corrected chi connectivity index (χ0v) is 18.4. The number of benzene rings is 2. The zero-order chi connectivity index (χ0) is 22.8. The first-order chi connectivity index (χ1) is 15.3. The predicted octanol–water partition coefficient (Wildman–Crippen LogP) is 5.30. The number of ether oxygens (including phenoxy) is 1. The smallest absolute Gasteiger partial charge is 0.295 e.